The number of hydrogen-bond donors (Lipinski definition) is 1. The standard InChI is InChI=1S/C16H22N4/c1-13(15-7-8-15)17-11-16-19-18-12-20(16)10-9-14-5-3-2-4-6-14/h2-6,12-13,15,17H,7-11H2,1H3. The molecule has 2 aromatic rings. The summed E-state index contributed by atoms with van der Waals surface area (Å²) in [5.41, 5.74) is 1.35. The molecular weight excluding hydrogens is 248 g/mol. The van der Waals surface area contributed by atoms with Crippen molar-refractivity contribution >= 4 is 0 Å². The summed E-state index contributed by atoms with van der Waals surface area (Å²) < 4.78 is 2.15. The van der Waals surface area contributed by atoms with E-state index in [0.29, 0.717) is 6.04 Å². The molecule has 0 saturated heterocycles. The van der Waals surface area contributed by atoms with E-state index in [-0.39, 0.29) is 0 Å². The Morgan fingerprint density at radius 1 is 1.30 bits per heavy atom. The molecule has 1 unspecified atom stereocenters. The van der Waals surface area contributed by atoms with Crippen molar-refractivity contribution in [1.82, 2.24) is 20.1 Å². The number of aromatic nitrogens is 3. The molecule has 1 aromatic heterocycles. The Hall–Kier alpha value is -1.68. The third-order valence-electron chi connectivity index (χ3n) is 4.09. The van der Waals surface area contributed by atoms with Crippen molar-refractivity contribution in [1.29, 1.82) is 0 Å². The molecule has 1 heterocycles. The number of nitrogens with zero attached hydrogens (tertiary/aromatic N) is 3. The molecule has 4 nitrogen and oxygen atoms in total. The van der Waals surface area contributed by atoms with Gasteiger partial charge in [0.05, 0.1) is 6.54 Å². The molecule has 0 radical (unpaired) electrons. The first-order valence-corrected chi connectivity index (χ1v) is 7.47. The normalized spacial score (nSPS) is 16.2. The van der Waals surface area contributed by atoms with E-state index >= 15 is 0 Å². The summed E-state index contributed by atoms with van der Waals surface area (Å²) in [5.74, 6) is 1.91. The van der Waals surface area contributed by atoms with Crippen molar-refractivity contribution in [3.63, 3.8) is 0 Å². The highest BCUT2D eigenvalue weighted by Crippen LogP contribution is 2.32. The fourth-order valence-corrected chi connectivity index (χ4v) is 2.51. The summed E-state index contributed by atoms with van der Waals surface area (Å²) in [6.07, 6.45) is 5.59. The van der Waals surface area contributed by atoms with Gasteiger partial charge in [0.2, 0.25) is 0 Å². The van der Waals surface area contributed by atoms with Gasteiger partial charge in [-0.25, -0.2) is 0 Å². The van der Waals surface area contributed by atoms with Crippen molar-refractivity contribution in [3.8, 4) is 0 Å². The molecule has 0 amide bonds. The molecule has 0 bridgehead atoms. The topological polar surface area (TPSA) is 42.7 Å². The molecule has 20 heavy (non-hydrogen) atoms. The van der Waals surface area contributed by atoms with Crippen molar-refractivity contribution in [2.75, 3.05) is 0 Å². The van der Waals surface area contributed by atoms with E-state index < -0.39 is 0 Å². The first kappa shape index (κ1) is 13.3. The predicted octanol–water partition coefficient (Wildman–Crippen LogP) is 2.41. The molecule has 1 aromatic carbocycles. The molecule has 1 aliphatic carbocycles. The van der Waals surface area contributed by atoms with E-state index in [1.54, 1.807) is 0 Å². The quantitative estimate of drug-likeness (QED) is 0.840. The monoisotopic (exact) mass is 270 g/mol. The molecule has 1 N–H and O–H groups in total. The van der Waals surface area contributed by atoms with Gasteiger partial charge in [0.25, 0.3) is 0 Å². The van der Waals surface area contributed by atoms with Crippen molar-refractivity contribution in [2.45, 2.75) is 45.3 Å². The van der Waals surface area contributed by atoms with Crippen LogP contribution in [0.2, 0.25) is 0 Å². The molecule has 1 fully saturated rings. The van der Waals surface area contributed by atoms with E-state index in [1.165, 1.54) is 18.4 Å². The molecule has 1 saturated carbocycles. The molecular formula is C16H22N4. The third kappa shape index (κ3) is 3.45. The van der Waals surface area contributed by atoms with Gasteiger partial charge in [-0.3, -0.25) is 0 Å². The van der Waals surface area contributed by atoms with Gasteiger partial charge in [0, 0.05) is 12.6 Å². The summed E-state index contributed by atoms with van der Waals surface area (Å²) in [6.45, 7) is 4.01. The lowest BCUT2D eigenvalue weighted by molar-refractivity contribution is 0.476. The number of rotatable bonds is 7. The fraction of sp³-hybridized carbons (Fsp3) is 0.500. The summed E-state index contributed by atoms with van der Waals surface area (Å²) >= 11 is 0. The van der Waals surface area contributed by atoms with Crippen molar-refractivity contribution < 1.29 is 0 Å². The maximum Gasteiger partial charge on any atom is 0.146 e. The Morgan fingerprint density at radius 3 is 2.85 bits per heavy atom. The molecule has 1 atom stereocenters. The van der Waals surface area contributed by atoms with Crippen LogP contribution in [0, 0.1) is 5.92 Å². The lowest BCUT2D eigenvalue weighted by Crippen LogP contribution is -2.28. The summed E-state index contributed by atoms with van der Waals surface area (Å²) in [6, 6.07) is 11.1. The molecule has 4 heteroatoms. The summed E-state index contributed by atoms with van der Waals surface area (Å²) in [7, 11) is 0. The number of benzene rings is 1. The van der Waals surface area contributed by atoms with Gasteiger partial charge in [0.15, 0.2) is 0 Å². The van der Waals surface area contributed by atoms with Gasteiger partial charge in [-0.2, -0.15) is 0 Å². The molecule has 0 aliphatic heterocycles. The summed E-state index contributed by atoms with van der Waals surface area (Å²) in [5, 5.41) is 11.8. The first-order chi connectivity index (χ1) is 9.83. The van der Waals surface area contributed by atoms with Gasteiger partial charge in [0.1, 0.15) is 12.2 Å². The summed E-state index contributed by atoms with van der Waals surface area (Å²) in [4.78, 5) is 0. The number of hydrogen-bond acceptors (Lipinski definition) is 3. The Balaban J connectivity index is 1.53. The van der Waals surface area contributed by atoms with Crippen LogP contribution in [-0.2, 0) is 19.5 Å². The average Bonchev–Trinajstić information content (AvgIpc) is 3.24. The zero-order valence-electron chi connectivity index (χ0n) is 12.0. The van der Waals surface area contributed by atoms with E-state index in [4.69, 9.17) is 0 Å². The first-order valence-electron chi connectivity index (χ1n) is 7.47. The highest BCUT2D eigenvalue weighted by Gasteiger charge is 2.27. The van der Waals surface area contributed by atoms with Gasteiger partial charge in [-0.1, -0.05) is 30.3 Å². The van der Waals surface area contributed by atoms with Crippen LogP contribution < -0.4 is 5.32 Å². The third-order valence-corrected chi connectivity index (χ3v) is 4.09. The number of nitrogens with one attached hydrogen (secondary N) is 1. The molecule has 3 rings (SSSR count). The van der Waals surface area contributed by atoms with Crippen LogP contribution in [0.1, 0.15) is 31.2 Å². The van der Waals surface area contributed by atoms with Gasteiger partial charge in [-0.15, -0.1) is 10.2 Å². The second-order valence-corrected chi connectivity index (χ2v) is 5.68. The van der Waals surface area contributed by atoms with Crippen LogP contribution in [0.15, 0.2) is 36.7 Å². The van der Waals surface area contributed by atoms with Crippen LogP contribution in [0.5, 0.6) is 0 Å². The highest BCUT2D eigenvalue weighted by atomic mass is 15.3. The number of aryl methyl sites for hydroxylation is 2. The van der Waals surface area contributed by atoms with E-state index in [0.717, 1.165) is 31.3 Å². The van der Waals surface area contributed by atoms with Gasteiger partial charge in [-0.05, 0) is 37.7 Å². The maximum absolute atomic E-state index is 4.23. The highest BCUT2D eigenvalue weighted by molar-refractivity contribution is 5.14. The van der Waals surface area contributed by atoms with E-state index in [2.05, 4.69) is 57.3 Å². The zero-order chi connectivity index (χ0) is 13.8. The Kier molecular flexibility index (Phi) is 4.11. The van der Waals surface area contributed by atoms with Gasteiger partial charge >= 0.3 is 0 Å². The van der Waals surface area contributed by atoms with Crippen molar-refractivity contribution in [3.05, 3.63) is 48.0 Å². The fourth-order valence-electron chi connectivity index (χ4n) is 2.51. The minimum absolute atomic E-state index is 0.592. The van der Waals surface area contributed by atoms with E-state index in [1.807, 2.05) is 6.33 Å². The smallest absolute Gasteiger partial charge is 0.146 e. The molecule has 1 aliphatic rings. The van der Waals surface area contributed by atoms with Gasteiger partial charge < -0.3 is 9.88 Å². The Labute approximate surface area is 120 Å². The predicted molar refractivity (Wildman–Crippen MR) is 79.2 cm³/mol. The van der Waals surface area contributed by atoms with Crippen LogP contribution in [-0.4, -0.2) is 20.8 Å². The second-order valence-electron chi connectivity index (χ2n) is 5.68. The molecule has 0 spiro atoms. The molecule has 106 valence electrons. The SMILES string of the molecule is CC(NCc1nncn1CCc1ccccc1)C1CC1. The van der Waals surface area contributed by atoms with Crippen molar-refractivity contribution in [2.24, 2.45) is 5.92 Å². The second kappa shape index (κ2) is 6.18. The van der Waals surface area contributed by atoms with Crippen LogP contribution in [0.3, 0.4) is 0 Å². The Morgan fingerprint density at radius 2 is 2.10 bits per heavy atom. The van der Waals surface area contributed by atoms with E-state index in [9.17, 15) is 0 Å². The largest absolute Gasteiger partial charge is 0.316 e. The van der Waals surface area contributed by atoms with Crippen LogP contribution in [0.4, 0.5) is 0 Å². The van der Waals surface area contributed by atoms with Crippen LogP contribution in [0.25, 0.3) is 0 Å². The Bertz CT molecular complexity index is 530. The lowest BCUT2D eigenvalue weighted by Gasteiger charge is -2.13. The average molecular weight is 270 g/mol. The maximum atomic E-state index is 4.23. The van der Waals surface area contributed by atoms with Crippen LogP contribution >= 0.6 is 0 Å². The zero-order valence-corrected chi connectivity index (χ0v) is 12.0. The minimum Gasteiger partial charge on any atom is -0.316 e. The minimum atomic E-state index is 0.592. The lowest BCUT2D eigenvalue weighted by atomic mass is 10.1.